The molecule has 0 heterocycles. The molecule has 0 radical (unpaired) electrons. The first-order valence-electron chi connectivity index (χ1n) is 9.66. The quantitative estimate of drug-likeness (QED) is 0.568. The van der Waals surface area contributed by atoms with E-state index < -0.39 is 6.10 Å². The zero-order valence-corrected chi connectivity index (χ0v) is 16.8. The van der Waals surface area contributed by atoms with Gasteiger partial charge >= 0.3 is 0 Å². The molecule has 0 fully saturated rings. The van der Waals surface area contributed by atoms with Gasteiger partial charge in [-0.25, -0.2) is 4.39 Å². The number of carbonyl (C=O) groups excluding carboxylic acids is 2. The molecule has 0 aliphatic carbocycles. The molecular formula is C24H23FN2O3. The van der Waals surface area contributed by atoms with Crippen molar-refractivity contribution < 1.29 is 18.7 Å². The Morgan fingerprint density at radius 1 is 0.933 bits per heavy atom. The summed E-state index contributed by atoms with van der Waals surface area (Å²) < 4.78 is 18.9. The van der Waals surface area contributed by atoms with Crippen LogP contribution in [0.15, 0.2) is 72.8 Å². The third-order valence-corrected chi connectivity index (χ3v) is 4.52. The standard InChI is InChI=1S/C24H23FN2O3/c1-3-21(30-22-10-5-4-7-16(22)2)24(29)27-20-9-6-8-17(15-20)23(28)26-19-13-11-18(25)12-14-19/h4-15,21H,3H2,1-2H3,(H,26,28)(H,27,29). The van der Waals surface area contributed by atoms with Crippen molar-refractivity contribution in [2.75, 3.05) is 10.6 Å². The Morgan fingerprint density at radius 3 is 2.37 bits per heavy atom. The van der Waals surface area contributed by atoms with Crippen molar-refractivity contribution in [1.29, 1.82) is 0 Å². The molecule has 1 unspecified atom stereocenters. The Balaban J connectivity index is 1.67. The summed E-state index contributed by atoms with van der Waals surface area (Å²) in [7, 11) is 0. The van der Waals surface area contributed by atoms with E-state index in [9.17, 15) is 14.0 Å². The molecule has 0 saturated heterocycles. The molecule has 3 aromatic rings. The Morgan fingerprint density at radius 2 is 1.67 bits per heavy atom. The minimum Gasteiger partial charge on any atom is -0.480 e. The van der Waals surface area contributed by atoms with E-state index in [1.54, 1.807) is 24.3 Å². The molecule has 0 aliphatic rings. The van der Waals surface area contributed by atoms with Crippen LogP contribution < -0.4 is 15.4 Å². The van der Waals surface area contributed by atoms with Crippen LogP contribution in [0.25, 0.3) is 0 Å². The predicted octanol–water partition coefficient (Wildman–Crippen LogP) is 5.18. The maximum absolute atomic E-state index is 13.0. The van der Waals surface area contributed by atoms with E-state index in [2.05, 4.69) is 10.6 Å². The van der Waals surface area contributed by atoms with E-state index in [0.717, 1.165) is 5.56 Å². The van der Waals surface area contributed by atoms with Gasteiger partial charge in [-0.15, -0.1) is 0 Å². The van der Waals surface area contributed by atoms with Crippen molar-refractivity contribution in [3.05, 3.63) is 89.7 Å². The Labute approximate surface area is 174 Å². The van der Waals surface area contributed by atoms with Gasteiger partial charge in [0.05, 0.1) is 0 Å². The highest BCUT2D eigenvalue weighted by Gasteiger charge is 2.19. The van der Waals surface area contributed by atoms with Gasteiger partial charge < -0.3 is 15.4 Å². The average molecular weight is 406 g/mol. The average Bonchev–Trinajstić information content (AvgIpc) is 2.75. The lowest BCUT2D eigenvalue weighted by Gasteiger charge is -2.18. The molecule has 3 aromatic carbocycles. The second-order valence-corrected chi connectivity index (χ2v) is 6.81. The van der Waals surface area contributed by atoms with E-state index in [4.69, 9.17) is 4.74 Å². The zero-order valence-electron chi connectivity index (χ0n) is 16.8. The number of aryl methyl sites for hydroxylation is 1. The minimum atomic E-state index is -0.664. The van der Waals surface area contributed by atoms with Gasteiger partial charge in [0, 0.05) is 16.9 Å². The molecule has 0 bridgehead atoms. The molecule has 6 heteroatoms. The summed E-state index contributed by atoms with van der Waals surface area (Å²) >= 11 is 0. The Kier molecular flexibility index (Phi) is 6.80. The van der Waals surface area contributed by atoms with Crippen LogP contribution in [0, 0.1) is 12.7 Å². The van der Waals surface area contributed by atoms with Crippen LogP contribution in [-0.2, 0) is 4.79 Å². The van der Waals surface area contributed by atoms with E-state index in [1.807, 2.05) is 38.1 Å². The lowest BCUT2D eigenvalue weighted by atomic mass is 10.1. The molecule has 0 spiro atoms. The van der Waals surface area contributed by atoms with Crippen LogP contribution in [0.3, 0.4) is 0 Å². The lowest BCUT2D eigenvalue weighted by Crippen LogP contribution is -2.32. The molecule has 30 heavy (non-hydrogen) atoms. The first-order valence-corrected chi connectivity index (χ1v) is 9.66. The van der Waals surface area contributed by atoms with Crippen LogP contribution in [-0.4, -0.2) is 17.9 Å². The third kappa shape index (κ3) is 5.44. The van der Waals surface area contributed by atoms with Crippen LogP contribution in [0.1, 0.15) is 29.3 Å². The highest BCUT2D eigenvalue weighted by molar-refractivity contribution is 6.05. The summed E-state index contributed by atoms with van der Waals surface area (Å²) in [6.07, 6.45) is -0.173. The number of hydrogen-bond donors (Lipinski definition) is 2. The SMILES string of the molecule is CCC(Oc1ccccc1C)C(=O)Nc1cccc(C(=O)Nc2ccc(F)cc2)c1. The second-order valence-electron chi connectivity index (χ2n) is 6.81. The highest BCUT2D eigenvalue weighted by Crippen LogP contribution is 2.20. The molecule has 154 valence electrons. The first kappa shape index (κ1) is 21.0. The third-order valence-electron chi connectivity index (χ3n) is 4.52. The molecule has 0 aliphatic heterocycles. The number of benzene rings is 3. The molecule has 2 N–H and O–H groups in total. The second kappa shape index (κ2) is 9.69. The van der Waals surface area contributed by atoms with E-state index in [0.29, 0.717) is 29.1 Å². The van der Waals surface area contributed by atoms with Crippen LogP contribution in [0.5, 0.6) is 5.75 Å². The van der Waals surface area contributed by atoms with Crippen molar-refractivity contribution in [3.63, 3.8) is 0 Å². The topological polar surface area (TPSA) is 67.4 Å². The number of amides is 2. The molecule has 3 rings (SSSR count). The number of anilines is 2. The fourth-order valence-electron chi connectivity index (χ4n) is 2.86. The van der Waals surface area contributed by atoms with E-state index in [-0.39, 0.29) is 17.6 Å². The van der Waals surface area contributed by atoms with E-state index >= 15 is 0 Å². The van der Waals surface area contributed by atoms with Crippen LogP contribution in [0.2, 0.25) is 0 Å². The van der Waals surface area contributed by atoms with Gasteiger partial charge in [0.2, 0.25) is 0 Å². The number of rotatable bonds is 7. The monoisotopic (exact) mass is 406 g/mol. The van der Waals surface area contributed by atoms with E-state index in [1.165, 1.54) is 24.3 Å². The number of carbonyl (C=O) groups is 2. The molecule has 1 atom stereocenters. The maximum atomic E-state index is 13.0. The summed E-state index contributed by atoms with van der Waals surface area (Å²) in [4.78, 5) is 25.2. The Hall–Kier alpha value is -3.67. The van der Waals surface area contributed by atoms with Crippen molar-refractivity contribution in [3.8, 4) is 5.75 Å². The summed E-state index contributed by atoms with van der Waals surface area (Å²) in [6, 6.07) is 19.6. The van der Waals surface area contributed by atoms with Gasteiger partial charge in [-0.1, -0.05) is 31.2 Å². The molecular weight excluding hydrogens is 383 g/mol. The smallest absolute Gasteiger partial charge is 0.265 e. The van der Waals surface area contributed by atoms with Gasteiger partial charge in [0.15, 0.2) is 6.10 Å². The number of para-hydroxylation sites is 1. The van der Waals surface area contributed by atoms with Gasteiger partial charge in [0.25, 0.3) is 11.8 Å². The van der Waals surface area contributed by atoms with Gasteiger partial charge in [-0.05, 0) is 67.4 Å². The number of hydrogen-bond acceptors (Lipinski definition) is 3. The van der Waals surface area contributed by atoms with Crippen LogP contribution in [0.4, 0.5) is 15.8 Å². The van der Waals surface area contributed by atoms with Crippen molar-refractivity contribution >= 4 is 23.2 Å². The highest BCUT2D eigenvalue weighted by atomic mass is 19.1. The number of ether oxygens (including phenoxy) is 1. The first-order chi connectivity index (χ1) is 14.5. The molecule has 0 aromatic heterocycles. The fourth-order valence-corrected chi connectivity index (χ4v) is 2.86. The number of nitrogens with one attached hydrogen (secondary N) is 2. The largest absolute Gasteiger partial charge is 0.480 e. The summed E-state index contributed by atoms with van der Waals surface area (Å²) in [5.74, 6) is -0.374. The van der Waals surface area contributed by atoms with Gasteiger partial charge in [0.1, 0.15) is 11.6 Å². The Bertz CT molecular complexity index is 1030. The van der Waals surface area contributed by atoms with Gasteiger partial charge in [-0.3, -0.25) is 9.59 Å². The predicted molar refractivity (Wildman–Crippen MR) is 115 cm³/mol. The summed E-state index contributed by atoms with van der Waals surface area (Å²) in [5.41, 5.74) is 2.28. The zero-order chi connectivity index (χ0) is 21.5. The summed E-state index contributed by atoms with van der Waals surface area (Å²) in [5, 5.41) is 5.50. The maximum Gasteiger partial charge on any atom is 0.265 e. The molecule has 5 nitrogen and oxygen atoms in total. The van der Waals surface area contributed by atoms with Crippen molar-refractivity contribution in [2.24, 2.45) is 0 Å². The van der Waals surface area contributed by atoms with Crippen LogP contribution >= 0.6 is 0 Å². The fraction of sp³-hybridized carbons (Fsp3) is 0.167. The molecule has 0 saturated carbocycles. The summed E-state index contributed by atoms with van der Waals surface area (Å²) in [6.45, 7) is 3.79. The minimum absolute atomic E-state index is 0.295. The lowest BCUT2D eigenvalue weighted by molar-refractivity contribution is -0.122. The van der Waals surface area contributed by atoms with Crippen molar-refractivity contribution in [2.45, 2.75) is 26.4 Å². The molecule has 2 amide bonds. The van der Waals surface area contributed by atoms with Crippen molar-refractivity contribution in [1.82, 2.24) is 0 Å². The van der Waals surface area contributed by atoms with Gasteiger partial charge in [-0.2, -0.15) is 0 Å². The number of halogens is 1. The normalized spacial score (nSPS) is 11.4.